The van der Waals surface area contributed by atoms with Crippen LogP contribution in [0.4, 0.5) is 0 Å². The Kier molecular flexibility index (Phi) is 11.1. The van der Waals surface area contributed by atoms with Gasteiger partial charge in [-0.2, -0.15) is 0 Å². The molecular weight excluding hydrogens is 508 g/mol. The first-order valence-electron chi connectivity index (χ1n) is 13.3. The zero-order valence-electron chi connectivity index (χ0n) is 23.0. The highest BCUT2D eigenvalue weighted by Gasteiger charge is 2.26. The predicted octanol–water partition coefficient (Wildman–Crippen LogP) is 1.97. The first-order valence-corrected chi connectivity index (χ1v) is 14.8. The van der Waals surface area contributed by atoms with Crippen LogP contribution in [0.25, 0.3) is 0 Å². The molecule has 1 fully saturated rings. The highest BCUT2D eigenvalue weighted by Crippen LogP contribution is 2.26. The first kappa shape index (κ1) is 30.1. The number of ether oxygens (including phenoxy) is 2. The van der Waals surface area contributed by atoms with E-state index in [0.29, 0.717) is 50.9 Å². The fourth-order valence-electron chi connectivity index (χ4n) is 4.65. The molecule has 1 atom stereocenters. The van der Waals surface area contributed by atoms with Crippen molar-refractivity contribution >= 4 is 21.8 Å². The van der Waals surface area contributed by atoms with Crippen LogP contribution in [-0.2, 0) is 19.6 Å². The fraction of sp³-hybridized carbons (Fsp3) is 0.630. The van der Waals surface area contributed by atoms with Crippen molar-refractivity contribution < 1.29 is 27.5 Å². The lowest BCUT2D eigenvalue weighted by Gasteiger charge is -2.32. The maximum absolute atomic E-state index is 13.3. The number of sulfonamides is 1. The van der Waals surface area contributed by atoms with Crippen LogP contribution in [0.2, 0.25) is 0 Å². The predicted molar refractivity (Wildman–Crippen MR) is 146 cm³/mol. The van der Waals surface area contributed by atoms with Crippen molar-refractivity contribution in [1.82, 2.24) is 19.4 Å². The fourth-order valence-corrected chi connectivity index (χ4v) is 5.75. The van der Waals surface area contributed by atoms with Crippen molar-refractivity contribution in [3.05, 3.63) is 35.9 Å². The number of nitrogens with zero attached hydrogens (tertiary/aromatic N) is 3. The van der Waals surface area contributed by atoms with Gasteiger partial charge in [0, 0.05) is 46.7 Å². The topological polar surface area (TPSA) is 108 Å². The van der Waals surface area contributed by atoms with Crippen LogP contribution in [0, 0.1) is 5.92 Å². The van der Waals surface area contributed by atoms with Gasteiger partial charge in [0.25, 0.3) is 5.91 Å². The molecule has 0 radical (unpaired) electrons. The minimum atomic E-state index is -3.82. The van der Waals surface area contributed by atoms with Gasteiger partial charge in [0.2, 0.25) is 15.9 Å². The van der Waals surface area contributed by atoms with E-state index in [1.807, 2.05) is 12.2 Å². The van der Waals surface area contributed by atoms with Gasteiger partial charge in [0.1, 0.15) is 12.4 Å². The zero-order chi connectivity index (χ0) is 27.7. The Labute approximate surface area is 227 Å². The molecule has 10 nitrogen and oxygen atoms in total. The highest BCUT2D eigenvalue weighted by molar-refractivity contribution is 7.89. The number of amides is 2. The number of fused-ring (bicyclic) bond motifs is 1. The Morgan fingerprint density at radius 1 is 1.16 bits per heavy atom. The SMILES string of the molecule is CC(=O)N1C/C=C/CN(C)C(=O)c2cc(S(=O)(=O)NCCCN3CCOCC3)ccc2OC[C@H]1CC(C)C. The Hall–Kier alpha value is -2.47. The molecule has 0 spiro atoms. The van der Waals surface area contributed by atoms with Crippen molar-refractivity contribution in [2.75, 3.05) is 66.1 Å². The largest absolute Gasteiger partial charge is 0.491 e. The van der Waals surface area contributed by atoms with E-state index >= 15 is 0 Å². The summed E-state index contributed by atoms with van der Waals surface area (Å²) in [5.74, 6) is 0.247. The molecule has 2 amide bonds. The van der Waals surface area contributed by atoms with Gasteiger partial charge >= 0.3 is 0 Å². The minimum absolute atomic E-state index is 0.0136. The molecule has 1 N–H and O–H groups in total. The monoisotopic (exact) mass is 550 g/mol. The van der Waals surface area contributed by atoms with E-state index in [0.717, 1.165) is 26.1 Å². The molecule has 0 saturated carbocycles. The third-order valence-electron chi connectivity index (χ3n) is 6.75. The van der Waals surface area contributed by atoms with Crippen LogP contribution in [0.15, 0.2) is 35.2 Å². The molecule has 2 heterocycles. The zero-order valence-corrected chi connectivity index (χ0v) is 23.8. The van der Waals surface area contributed by atoms with Crippen LogP contribution in [0.3, 0.4) is 0 Å². The van der Waals surface area contributed by atoms with E-state index in [4.69, 9.17) is 9.47 Å². The molecule has 1 aromatic rings. The number of morpholine rings is 1. The molecule has 0 aliphatic carbocycles. The van der Waals surface area contributed by atoms with E-state index in [-0.39, 0.29) is 34.9 Å². The molecule has 1 aromatic carbocycles. The maximum atomic E-state index is 13.3. The van der Waals surface area contributed by atoms with Gasteiger partial charge in [-0.25, -0.2) is 13.1 Å². The van der Waals surface area contributed by atoms with Crippen LogP contribution in [0.1, 0.15) is 44.0 Å². The van der Waals surface area contributed by atoms with Crippen molar-refractivity contribution in [3.8, 4) is 5.75 Å². The van der Waals surface area contributed by atoms with Crippen LogP contribution >= 0.6 is 0 Å². The molecular formula is C27H42N4O6S. The van der Waals surface area contributed by atoms with E-state index in [1.54, 1.807) is 18.9 Å². The Balaban J connectivity index is 1.80. The summed E-state index contributed by atoms with van der Waals surface area (Å²) in [5.41, 5.74) is 0.176. The summed E-state index contributed by atoms with van der Waals surface area (Å²) in [4.78, 5) is 31.3. The van der Waals surface area contributed by atoms with E-state index < -0.39 is 10.0 Å². The summed E-state index contributed by atoms with van der Waals surface area (Å²) < 4.78 is 40.2. The molecule has 11 heteroatoms. The van der Waals surface area contributed by atoms with Gasteiger partial charge in [0.05, 0.1) is 29.7 Å². The molecule has 0 unspecified atom stereocenters. The lowest BCUT2D eigenvalue weighted by Crippen LogP contribution is -2.44. The Bertz CT molecular complexity index is 1090. The van der Waals surface area contributed by atoms with Gasteiger partial charge in [-0.15, -0.1) is 0 Å². The summed E-state index contributed by atoms with van der Waals surface area (Å²) in [7, 11) is -2.17. The number of rotatable bonds is 8. The van der Waals surface area contributed by atoms with Gasteiger partial charge in [-0.05, 0) is 43.5 Å². The lowest BCUT2D eigenvalue weighted by molar-refractivity contribution is -0.131. The van der Waals surface area contributed by atoms with Gasteiger partial charge in [-0.1, -0.05) is 26.0 Å². The summed E-state index contributed by atoms with van der Waals surface area (Å²) >= 11 is 0. The number of hydrogen-bond donors (Lipinski definition) is 1. The van der Waals surface area contributed by atoms with Crippen molar-refractivity contribution in [2.24, 2.45) is 5.92 Å². The Morgan fingerprint density at radius 2 is 1.87 bits per heavy atom. The van der Waals surface area contributed by atoms with Crippen LogP contribution < -0.4 is 9.46 Å². The molecule has 0 bridgehead atoms. The Morgan fingerprint density at radius 3 is 2.55 bits per heavy atom. The molecule has 38 heavy (non-hydrogen) atoms. The second-order valence-corrected chi connectivity index (χ2v) is 12.1. The maximum Gasteiger partial charge on any atom is 0.257 e. The number of carbonyl (C=O) groups is 2. The van der Waals surface area contributed by atoms with E-state index in [9.17, 15) is 18.0 Å². The molecule has 1 saturated heterocycles. The molecule has 212 valence electrons. The number of likely N-dealkylation sites (N-methyl/N-ethyl adjacent to an activating group) is 1. The van der Waals surface area contributed by atoms with Crippen molar-refractivity contribution in [1.29, 1.82) is 0 Å². The number of nitrogens with one attached hydrogen (secondary N) is 1. The number of carbonyl (C=O) groups excluding carboxylic acids is 2. The first-order chi connectivity index (χ1) is 18.1. The van der Waals surface area contributed by atoms with Crippen molar-refractivity contribution in [3.63, 3.8) is 0 Å². The minimum Gasteiger partial charge on any atom is -0.491 e. The van der Waals surface area contributed by atoms with E-state index in [1.165, 1.54) is 23.1 Å². The summed E-state index contributed by atoms with van der Waals surface area (Å²) in [6.45, 7) is 10.8. The highest BCUT2D eigenvalue weighted by atomic mass is 32.2. The molecule has 0 aromatic heterocycles. The smallest absolute Gasteiger partial charge is 0.257 e. The average Bonchev–Trinajstić information content (AvgIpc) is 2.88. The van der Waals surface area contributed by atoms with Crippen LogP contribution in [0.5, 0.6) is 5.75 Å². The third-order valence-corrected chi connectivity index (χ3v) is 8.21. The summed E-state index contributed by atoms with van der Waals surface area (Å²) in [6, 6.07) is 4.19. The second kappa shape index (κ2) is 14.1. The van der Waals surface area contributed by atoms with E-state index in [2.05, 4.69) is 23.5 Å². The quantitative estimate of drug-likeness (QED) is 0.389. The third kappa shape index (κ3) is 8.52. The summed E-state index contributed by atoms with van der Waals surface area (Å²) in [6.07, 6.45) is 5.13. The number of hydrogen-bond acceptors (Lipinski definition) is 7. The summed E-state index contributed by atoms with van der Waals surface area (Å²) in [5, 5.41) is 0. The van der Waals surface area contributed by atoms with Crippen molar-refractivity contribution in [2.45, 2.75) is 44.6 Å². The van der Waals surface area contributed by atoms with Gasteiger partial charge < -0.3 is 19.3 Å². The standard InChI is InChI=1S/C27H42N4O6S/c1-21(2)18-23-20-37-26-9-8-24(38(34,35)28-10-7-12-30-14-16-36-17-15-30)19-25(26)27(33)29(4)11-5-6-13-31(23)22(3)32/h5-6,8-9,19,21,23,28H,7,10-18,20H2,1-4H3/b6-5+/t23-/m1/s1. The molecule has 3 rings (SSSR count). The van der Waals surface area contributed by atoms with Gasteiger partial charge in [-0.3, -0.25) is 14.5 Å². The normalized spacial score (nSPS) is 20.9. The average molecular weight is 551 g/mol. The van der Waals surface area contributed by atoms with Gasteiger partial charge in [0.15, 0.2) is 0 Å². The molecule has 2 aliphatic heterocycles. The second-order valence-electron chi connectivity index (χ2n) is 10.3. The lowest BCUT2D eigenvalue weighted by atomic mass is 10.0. The number of benzene rings is 1. The molecule has 2 aliphatic rings. The van der Waals surface area contributed by atoms with Crippen LogP contribution in [-0.4, -0.2) is 107 Å².